The van der Waals surface area contributed by atoms with E-state index in [-0.39, 0.29) is 5.78 Å². The first-order valence-corrected chi connectivity index (χ1v) is 6.18. The van der Waals surface area contributed by atoms with E-state index in [2.05, 4.69) is 18.7 Å². The van der Waals surface area contributed by atoms with E-state index < -0.39 is 0 Å². The third kappa shape index (κ3) is 6.56. The molecular formula is C12H22ClNO. The van der Waals surface area contributed by atoms with Gasteiger partial charge in [0, 0.05) is 25.7 Å². The van der Waals surface area contributed by atoms with Crippen molar-refractivity contribution in [2.45, 2.75) is 46.5 Å². The molecule has 0 aromatic carbocycles. The molecule has 0 aliphatic carbocycles. The fourth-order valence-corrected chi connectivity index (χ4v) is 1.63. The maximum Gasteiger partial charge on any atom is 0.175 e. The molecule has 0 aliphatic rings. The van der Waals surface area contributed by atoms with Gasteiger partial charge in [-0.25, -0.2) is 0 Å². The molecule has 0 aromatic rings. The first kappa shape index (κ1) is 14.5. The zero-order valence-electron chi connectivity index (χ0n) is 10.1. The number of halogens is 1. The third-order valence-electron chi connectivity index (χ3n) is 2.06. The van der Waals surface area contributed by atoms with Crippen LogP contribution in [0, 0.1) is 0 Å². The first-order valence-electron chi connectivity index (χ1n) is 5.80. The predicted molar refractivity (Wildman–Crippen MR) is 66.0 cm³/mol. The standard InChI is InChI=1S/C12H22ClNO/c1-4-7-12(15)11(13)10-14(8-5-2)9-6-3/h10H,4-9H2,1-3H3. The van der Waals surface area contributed by atoms with Crippen molar-refractivity contribution in [2.24, 2.45) is 0 Å². The van der Waals surface area contributed by atoms with Crippen LogP contribution in [-0.2, 0) is 4.79 Å². The van der Waals surface area contributed by atoms with Crippen LogP contribution in [0.5, 0.6) is 0 Å². The zero-order chi connectivity index (χ0) is 11.7. The molecule has 0 aromatic heterocycles. The van der Waals surface area contributed by atoms with E-state index in [1.807, 2.05) is 6.92 Å². The Hall–Kier alpha value is -0.500. The van der Waals surface area contributed by atoms with Crippen LogP contribution in [0.4, 0.5) is 0 Å². The van der Waals surface area contributed by atoms with Gasteiger partial charge in [0.05, 0.1) is 5.03 Å². The minimum Gasteiger partial charge on any atom is -0.376 e. The second-order valence-electron chi connectivity index (χ2n) is 3.69. The van der Waals surface area contributed by atoms with Gasteiger partial charge < -0.3 is 4.90 Å². The molecule has 0 amide bonds. The SMILES string of the molecule is CCCC(=O)C(Cl)=CN(CCC)CCC. The molecule has 0 fully saturated rings. The van der Waals surface area contributed by atoms with Gasteiger partial charge in [0.2, 0.25) is 0 Å². The minimum absolute atomic E-state index is 0.0522. The highest BCUT2D eigenvalue weighted by atomic mass is 35.5. The lowest BCUT2D eigenvalue weighted by atomic mass is 10.2. The second-order valence-corrected chi connectivity index (χ2v) is 4.09. The van der Waals surface area contributed by atoms with E-state index in [9.17, 15) is 4.79 Å². The first-order chi connectivity index (χ1) is 7.15. The largest absolute Gasteiger partial charge is 0.376 e. The molecule has 0 spiro atoms. The van der Waals surface area contributed by atoms with Crippen molar-refractivity contribution >= 4 is 17.4 Å². The molecule has 0 saturated heterocycles. The Morgan fingerprint density at radius 1 is 1.13 bits per heavy atom. The molecule has 15 heavy (non-hydrogen) atoms. The molecule has 0 heterocycles. The fourth-order valence-electron chi connectivity index (χ4n) is 1.39. The van der Waals surface area contributed by atoms with E-state index in [0.29, 0.717) is 11.5 Å². The highest BCUT2D eigenvalue weighted by molar-refractivity contribution is 6.42. The van der Waals surface area contributed by atoms with Crippen LogP contribution in [0.15, 0.2) is 11.2 Å². The van der Waals surface area contributed by atoms with Gasteiger partial charge in [0.25, 0.3) is 0 Å². The van der Waals surface area contributed by atoms with Crippen molar-refractivity contribution in [2.75, 3.05) is 13.1 Å². The van der Waals surface area contributed by atoms with E-state index in [0.717, 1.165) is 32.4 Å². The van der Waals surface area contributed by atoms with Crippen molar-refractivity contribution < 1.29 is 4.79 Å². The molecule has 0 radical (unpaired) electrons. The van der Waals surface area contributed by atoms with Crippen LogP contribution in [0.1, 0.15) is 46.5 Å². The lowest BCUT2D eigenvalue weighted by molar-refractivity contribution is -0.115. The third-order valence-corrected chi connectivity index (χ3v) is 2.37. The Morgan fingerprint density at radius 3 is 2.07 bits per heavy atom. The maximum atomic E-state index is 11.5. The number of nitrogens with zero attached hydrogens (tertiary/aromatic N) is 1. The van der Waals surface area contributed by atoms with E-state index in [1.165, 1.54) is 0 Å². The minimum atomic E-state index is 0.0522. The van der Waals surface area contributed by atoms with Crippen molar-refractivity contribution in [1.29, 1.82) is 0 Å². The van der Waals surface area contributed by atoms with E-state index in [1.54, 1.807) is 6.20 Å². The van der Waals surface area contributed by atoms with E-state index in [4.69, 9.17) is 11.6 Å². The number of hydrogen-bond donors (Lipinski definition) is 0. The van der Waals surface area contributed by atoms with Crippen LogP contribution >= 0.6 is 11.6 Å². The molecule has 88 valence electrons. The van der Waals surface area contributed by atoms with Gasteiger partial charge in [-0.15, -0.1) is 0 Å². The summed E-state index contributed by atoms with van der Waals surface area (Å²) in [5.74, 6) is 0.0522. The van der Waals surface area contributed by atoms with Gasteiger partial charge in [-0.05, 0) is 19.3 Å². The average molecular weight is 232 g/mol. The quantitative estimate of drug-likeness (QED) is 0.596. The molecule has 0 atom stereocenters. The van der Waals surface area contributed by atoms with Crippen LogP contribution in [-0.4, -0.2) is 23.8 Å². The number of carbonyl (C=O) groups excluding carboxylic acids is 1. The Balaban J connectivity index is 4.30. The molecule has 3 heteroatoms. The Bertz CT molecular complexity index is 208. The van der Waals surface area contributed by atoms with Gasteiger partial charge in [-0.2, -0.15) is 0 Å². The Kier molecular flexibility index (Phi) is 8.49. The molecule has 0 rings (SSSR count). The van der Waals surface area contributed by atoms with Crippen molar-refractivity contribution in [3.63, 3.8) is 0 Å². The summed E-state index contributed by atoms with van der Waals surface area (Å²) in [7, 11) is 0. The monoisotopic (exact) mass is 231 g/mol. The normalized spacial score (nSPS) is 11.6. The number of rotatable bonds is 8. The summed E-state index contributed by atoms with van der Waals surface area (Å²) < 4.78 is 0. The summed E-state index contributed by atoms with van der Waals surface area (Å²) in [4.78, 5) is 13.6. The summed E-state index contributed by atoms with van der Waals surface area (Å²) in [5, 5.41) is 0.374. The van der Waals surface area contributed by atoms with Crippen molar-refractivity contribution in [3.8, 4) is 0 Å². The Morgan fingerprint density at radius 2 is 1.67 bits per heavy atom. The highest BCUT2D eigenvalue weighted by Gasteiger charge is 2.07. The van der Waals surface area contributed by atoms with Crippen LogP contribution in [0.3, 0.4) is 0 Å². The predicted octanol–water partition coefficient (Wildman–Crippen LogP) is 3.56. The van der Waals surface area contributed by atoms with Gasteiger partial charge in [-0.3, -0.25) is 4.79 Å². The topological polar surface area (TPSA) is 20.3 Å². The van der Waals surface area contributed by atoms with E-state index >= 15 is 0 Å². The lowest BCUT2D eigenvalue weighted by Crippen LogP contribution is -2.20. The lowest BCUT2D eigenvalue weighted by Gasteiger charge is -2.19. The van der Waals surface area contributed by atoms with Crippen LogP contribution < -0.4 is 0 Å². The number of hydrogen-bond acceptors (Lipinski definition) is 2. The number of allylic oxidation sites excluding steroid dienone is 1. The molecular weight excluding hydrogens is 210 g/mol. The zero-order valence-corrected chi connectivity index (χ0v) is 10.8. The summed E-state index contributed by atoms with van der Waals surface area (Å²) in [6, 6.07) is 0. The smallest absolute Gasteiger partial charge is 0.175 e. The van der Waals surface area contributed by atoms with Gasteiger partial charge >= 0.3 is 0 Å². The van der Waals surface area contributed by atoms with Crippen LogP contribution in [0.2, 0.25) is 0 Å². The van der Waals surface area contributed by atoms with Gasteiger partial charge in [-0.1, -0.05) is 32.4 Å². The summed E-state index contributed by atoms with van der Waals surface area (Å²) in [6.07, 6.45) is 5.34. The Labute approximate surface area is 98.3 Å². The molecule has 0 aliphatic heterocycles. The molecule has 2 nitrogen and oxygen atoms in total. The molecule has 0 saturated carbocycles. The van der Waals surface area contributed by atoms with Gasteiger partial charge in [0.1, 0.15) is 0 Å². The fraction of sp³-hybridized carbons (Fsp3) is 0.750. The summed E-state index contributed by atoms with van der Waals surface area (Å²) >= 11 is 5.95. The summed E-state index contributed by atoms with van der Waals surface area (Å²) in [5.41, 5.74) is 0. The molecule has 0 unspecified atom stereocenters. The number of Topliss-reactive ketones (excluding diaryl/α,β-unsaturated/α-hetero) is 1. The number of carbonyl (C=O) groups is 1. The number of ketones is 1. The summed E-state index contributed by atoms with van der Waals surface area (Å²) in [6.45, 7) is 8.15. The highest BCUT2D eigenvalue weighted by Crippen LogP contribution is 2.10. The average Bonchev–Trinajstić information content (AvgIpc) is 2.18. The van der Waals surface area contributed by atoms with Crippen molar-refractivity contribution in [3.05, 3.63) is 11.2 Å². The van der Waals surface area contributed by atoms with Gasteiger partial charge in [0.15, 0.2) is 5.78 Å². The van der Waals surface area contributed by atoms with Crippen LogP contribution in [0.25, 0.3) is 0 Å². The maximum absolute atomic E-state index is 11.5. The second kappa shape index (κ2) is 8.78. The van der Waals surface area contributed by atoms with Crippen molar-refractivity contribution in [1.82, 2.24) is 4.90 Å². The molecule has 0 N–H and O–H groups in total. The molecule has 0 bridgehead atoms.